The first-order valence-electron chi connectivity index (χ1n) is 17.2. The van der Waals surface area contributed by atoms with Crippen molar-refractivity contribution in [3.8, 4) is 17.2 Å². The SMILES string of the molecule is CCc1cc(C(C)(C)C)c(OC(=O)OC(C)(C)C)c(C(C)(C)CCC(C)(C)c2cc(OC)cc(C(C)(C)C)c2OC(=O)OC(C)(C)C)c1. The zero-order chi connectivity index (χ0) is 37.3. The summed E-state index contributed by atoms with van der Waals surface area (Å²) in [5.74, 6) is 1.75. The first kappa shape index (κ1) is 41.0. The van der Waals surface area contributed by atoms with Crippen LogP contribution >= 0.6 is 0 Å². The van der Waals surface area contributed by atoms with Gasteiger partial charge in [-0.05, 0) is 100 Å². The molecule has 0 amide bonds. The van der Waals surface area contributed by atoms with E-state index in [2.05, 4.69) is 88.3 Å². The summed E-state index contributed by atoms with van der Waals surface area (Å²) in [6, 6.07) is 8.22. The molecule has 0 aliphatic carbocycles. The molecule has 0 heterocycles. The lowest BCUT2D eigenvalue weighted by Gasteiger charge is -2.36. The normalized spacial score (nSPS) is 13.2. The molecule has 0 spiro atoms. The van der Waals surface area contributed by atoms with Gasteiger partial charge in [0, 0.05) is 22.3 Å². The van der Waals surface area contributed by atoms with Crippen LogP contribution in [0.5, 0.6) is 17.2 Å². The third kappa shape index (κ3) is 11.2. The second kappa shape index (κ2) is 14.3. The van der Waals surface area contributed by atoms with E-state index >= 15 is 0 Å². The molecule has 0 radical (unpaired) electrons. The average Bonchev–Trinajstić information content (AvgIpc) is 2.88. The van der Waals surface area contributed by atoms with Crippen LogP contribution in [0.2, 0.25) is 0 Å². The standard InChI is InChI=1S/C41H64O7/c1-19-26-22-28(36(2,3)4)32(45-34(42)47-38(8,9)10)30(23-26)40(14,15)20-21-41(16,17)31-25-27(44-18)24-29(37(5,6)7)33(31)46-35(43)48-39(11,12)13/h22-25H,19-21H2,1-18H3. The Kier molecular flexibility index (Phi) is 12.2. The van der Waals surface area contributed by atoms with E-state index in [1.807, 2.05) is 53.7 Å². The Morgan fingerprint density at radius 2 is 0.875 bits per heavy atom. The molecule has 0 N–H and O–H groups in total. The van der Waals surface area contributed by atoms with Crippen LogP contribution < -0.4 is 14.2 Å². The number of hydrogen-bond acceptors (Lipinski definition) is 7. The van der Waals surface area contributed by atoms with Crippen LogP contribution in [-0.2, 0) is 37.6 Å². The number of aryl methyl sites for hydroxylation is 1. The zero-order valence-electron chi connectivity index (χ0n) is 33.3. The third-order valence-electron chi connectivity index (χ3n) is 8.45. The molecule has 0 aliphatic rings. The molecule has 0 fully saturated rings. The number of carbonyl (C=O) groups excluding carboxylic acids is 2. The van der Waals surface area contributed by atoms with Gasteiger partial charge >= 0.3 is 12.3 Å². The van der Waals surface area contributed by atoms with Gasteiger partial charge in [0.2, 0.25) is 0 Å². The second-order valence-corrected chi connectivity index (χ2v) is 18.3. The van der Waals surface area contributed by atoms with Crippen molar-refractivity contribution in [2.75, 3.05) is 7.11 Å². The Morgan fingerprint density at radius 1 is 0.542 bits per heavy atom. The number of ether oxygens (including phenoxy) is 5. The number of rotatable bonds is 9. The fraction of sp³-hybridized carbons (Fsp3) is 0.659. The van der Waals surface area contributed by atoms with Gasteiger partial charge in [0.1, 0.15) is 28.5 Å². The first-order valence-corrected chi connectivity index (χ1v) is 17.2. The van der Waals surface area contributed by atoms with Crippen molar-refractivity contribution < 1.29 is 33.3 Å². The van der Waals surface area contributed by atoms with Crippen molar-refractivity contribution in [2.24, 2.45) is 0 Å². The highest BCUT2D eigenvalue weighted by atomic mass is 16.7. The van der Waals surface area contributed by atoms with E-state index in [1.54, 1.807) is 7.11 Å². The number of methoxy groups -OCH3 is 1. The Morgan fingerprint density at radius 3 is 1.21 bits per heavy atom. The van der Waals surface area contributed by atoms with Crippen LogP contribution in [0.4, 0.5) is 9.59 Å². The molecule has 270 valence electrons. The Hall–Kier alpha value is -3.22. The van der Waals surface area contributed by atoms with Gasteiger partial charge in [-0.2, -0.15) is 0 Å². The van der Waals surface area contributed by atoms with Gasteiger partial charge in [-0.1, -0.05) is 88.3 Å². The van der Waals surface area contributed by atoms with Gasteiger partial charge in [0.25, 0.3) is 0 Å². The molecule has 0 saturated carbocycles. The van der Waals surface area contributed by atoms with Gasteiger partial charge in [-0.15, -0.1) is 0 Å². The van der Waals surface area contributed by atoms with Gasteiger partial charge < -0.3 is 23.7 Å². The lowest BCUT2D eigenvalue weighted by Crippen LogP contribution is -2.31. The van der Waals surface area contributed by atoms with Crippen LogP contribution in [0.25, 0.3) is 0 Å². The smallest absolute Gasteiger partial charge is 0.497 e. The lowest BCUT2D eigenvalue weighted by atomic mass is 9.70. The lowest BCUT2D eigenvalue weighted by molar-refractivity contribution is 0.0184. The molecule has 0 unspecified atom stereocenters. The van der Waals surface area contributed by atoms with Crippen LogP contribution in [0.15, 0.2) is 24.3 Å². The summed E-state index contributed by atoms with van der Waals surface area (Å²) in [6.07, 6.45) is 0.828. The molecule has 7 nitrogen and oxygen atoms in total. The van der Waals surface area contributed by atoms with Gasteiger partial charge in [0.15, 0.2) is 0 Å². The van der Waals surface area contributed by atoms with Crippen molar-refractivity contribution >= 4 is 12.3 Å². The summed E-state index contributed by atoms with van der Waals surface area (Å²) in [7, 11) is 1.65. The summed E-state index contributed by atoms with van der Waals surface area (Å²) in [6.45, 7) is 34.4. The zero-order valence-corrected chi connectivity index (χ0v) is 33.3. The van der Waals surface area contributed by atoms with E-state index in [0.717, 1.165) is 35.1 Å². The molecule has 2 aromatic rings. The molecule has 0 bridgehead atoms. The van der Waals surface area contributed by atoms with Crippen LogP contribution in [0, 0.1) is 0 Å². The average molecular weight is 669 g/mol. The largest absolute Gasteiger partial charge is 0.514 e. The minimum atomic E-state index is -0.745. The van der Waals surface area contributed by atoms with Crippen LogP contribution in [0.1, 0.15) is 158 Å². The summed E-state index contributed by atoms with van der Waals surface area (Å²) in [4.78, 5) is 26.2. The van der Waals surface area contributed by atoms with Crippen molar-refractivity contribution in [3.63, 3.8) is 0 Å². The topological polar surface area (TPSA) is 80.3 Å². The summed E-state index contributed by atoms with van der Waals surface area (Å²) in [5.41, 5.74) is 1.89. The number of hydrogen-bond donors (Lipinski definition) is 0. The van der Waals surface area contributed by atoms with Crippen molar-refractivity contribution in [3.05, 3.63) is 52.1 Å². The maximum absolute atomic E-state index is 13.1. The van der Waals surface area contributed by atoms with E-state index in [9.17, 15) is 9.59 Å². The summed E-state index contributed by atoms with van der Waals surface area (Å²) < 4.78 is 29.2. The van der Waals surface area contributed by atoms with E-state index in [4.69, 9.17) is 23.7 Å². The van der Waals surface area contributed by atoms with E-state index in [1.165, 1.54) is 5.56 Å². The molecule has 7 heteroatoms. The highest BCUT2D eigenvalue weighted by Gasteiger charge is 2.37. The number of benzene rings is 2. The van der Waals surface area contributed by atoms with Crippen molar-refractivity contribution in [2.45, 2.75) is 170 Å². The first-order chi connectivity index (χ1) is 21.5. The fourth-order valence-corrected chi connectivity index (χ4v) is 5.56. The Balaban J connectivity index is 2.72. The second-order valence-electron chi connectivity index (χ2n) is 18.3. The maximum Gasteiger partial charge on any atom is 0.514 e. The fourth-order valence-electron chi connectivity index (χ4n) is 5.56. The summed E-state index contributed by atoms with van der Waals surface area (Å²) >= 11 is 0. The van der Waals surface area contributed by atoms with Gasteiger partial charge in [-0.25, -0.2) is 9.59 Å². The molecule has 2 aromatic carbocycles. The van der Waals surface area contributed by atoms with E-state index < -0.39 is 34.3 Å². The highest BCUT2D eigenvalue weighted by Crippen LogP contribution is 2.48. The minimum absolute atomic E-state index is 0.287. The molecule has 2 rings (SSSR count). The molecule has 0 aromatic heterocycles. The Bertz CT molecular complexity index is 1340. The quantitative estimate of drug-likeness (QED) is 0.194. The third-order valence-corrected chi connectivity index (χ3v) is 8.45. The molecule has 0 saturated heterocycles. The molecular formula is C41H64O7. The summed E-state index contributed by atoms with van der Waals surface area (Å²) in [5, 5.41) is 0. The number of carbonyl (C=O) groups is 2. The molecule has 0 atom stereocenters. The molecular weight excluding hydrogens is 604 g/mol. The monoisotopic (exact) mass is 668 g/mol. The maximum atomic E-state index is 13.1. The van der Waals surface area contributed by atoms with Crippen molar-refractivity contribution in [1.82, 2.24) is 0 Å². The predicted octanol–water partition coefficient (Wildman–Crippen LogP) is 11.5. The predicted molar refractivity (Wildman–Crippen MR) is 195 cm³/mol. The van der Waals surface area contributed by atoms with E-state index in [-0.39, 0.29) is 10.8 Å². The van der Waals surface area contributed by atoms with E-state index in [0.29, 0.717) is 23.7 Å². The highest BCUT2D eigenvalue weighted by molar-refractivity contribution is 5.68. The van der Waals surface area contributed by atoms with Crippen LogP contribution in [-0.4, -0.2) is 30.6 Å². The minimum Gasteiger partial charge on any atom is -0.497 e. The van der Waals surface area contributed by atoms with Gasteiger partial charge in [-0.3, -0.25) is 0 Å². The molecule has 48 heavy (non-hydrogen) atoms. The van der Waals surface area contributed by atoms with Gasteiger partial charge in [0.05, 0.1) is 7.11 Å². The molecule has 0 aliphatic heterocycles. The van der Waals surface area contributed by atoms with Crippen LogP contribution in [0.3, 0.4) is 0 Å². The van der Waals surface area contributed by atoms with Crippen molar-refractivity contribution in [1.29, 1.82) is 0 Å². The Labute approximate surface area is 291 Å².